The number of sulfonamides is 1. The average molecular weight is 451 g/mol. The van der Waals surface area contributed by atoms with Crippen molar-refractivity contribution in [2.45, 2.75) is 12.8 Å². The van der Waals surface area contributed by atoms with Gasteiger partial charge in [0.15, 0.2) is 11.7 Å². The maximum Gasteiger partial charge on any atom is 0.264 e. The lowest BCUT2D eigenvalue weighted by molar-refractivity contribution is -0.121. The number of amides is 2. The van der Waals surface area contributed by atoms with Crippen LogP contribution in [0.5, 0.6) is 5.75 Å². The number of carbonyl (C=O) groups is 2. The van der Waals surface area contributed by atoms with E-state index in [-0.39, 0.29) is 24.3 Å². The highest BCUT2D eigenvalue weighted by Gasteiger charge is 2.29. The normalized spacial score (nSPS) is 18.1. The zero-order valence-electron chi connectivity index (χ0n) is 16.6. The molecule has 2 aromatic rings. The number of likely N-dealkylation sites (N-methyl/N-ethyl adjacent to an activating group) is 1. The van der Waals surface area contributed by atoms with E-state index in [4.69, 9.17) is 4.74 Å². The van der Waals surface area contributed by atoms with E-state index in [0.29, 0.717) is 48.2 Å². The zero-order valence-corrected chi connectivity index (χ0v) is 18.3. The number of nitrogens with zero attached hydrogens (tertiary/aromatic N) is 3. The molecule has 1 saturated heterocycles. The summed E-state index contributed by atoms with van der Waals surface area (Å²) in [4.78, 5) is 30.5. The standard InChI is InChI=1S/C19H22N4O5S2/c1-22-15-9-13(3-4-16(15)28-10-17(22)24)14-11-29-19(20-14)21-18(25)12-5-7-23(8-6-12)30(2,26)27/h3-4,9,11-12H,5-8,10H2,1-2H3,(H,20,21,25). The Bertz CT molecular complexity index is 1090. The van der Waals surface area contributed by atoms with Gasteiger partial charge >= 0.3 is 0 Å². The average Bonchev–Trinajstić information content (AvgIpc) is 3.18. The first-order valence-corrected chi connectivity index (χ1v) is 12.2. The van der Waals surface area contributed by atoms with Crippen LogP contribution in [-0.4, -0.2) is 62.5 Å². The van der Waals surface area contributed by atoms with Crippen molar-refractivity contribution in [3.63, 3.8) is 0 Å². The molecule has 0 radical (unpaired) electrons. The van der Waals surface area contributed by atoms with Crippen molar-refractivity contribution in [3.8, 4) is 17.0 Å². The van der Waals surface area contributed by atoms with Crippen LogP contribution in [0.1, 0.15) is 12.8 Å². The fourth-order valence-corrected chi connectivity index (χ4v) is 5.15. The monoisotopic (exact) mass is 450 g/mol. The van der Waals surface area contributed by atoms with E-state index >= 15 is 0 Å². The van der Waals surface area contributed by atoms with E-state index in [1.54, 1.807) is 18.0 Å². The molecule has 1 fully saturated rings. The molecule has 0 aliphatic carbocycles. The number of thiazole rings is 1. The molecular weight excluding hydrogens is 428 g/mol. The Morgan fingerprint density at radius 2 is 2.03 bits per heavy atom. The van der Waals surface area contributed by atoms with Crippen molar-refractivity contribution in [2.24, 2.45) is 5.92 Å². The van der Waals surface area contributed by atoms with Crippen molar-refractivity contribution in [3.05, 3.63) is 23.6 Å². The number of aromatic nitrogens is 1. The number of rotatable bonds is 4. The summed E-state index contributed by atoms with van der Waals surface area (Å²) in [5, 5.41) is 5.17. The second kappa shape index (κ2) is 7.97. The third kappa shape index (κ3) is 4.18. The summed E-state index contributed by atoms with van der Waals surface area (Å²) in [5.74, 6) is 0.141. The molecule has 1 N–H and O–H groups in total. The molecule has 0 unspecified atom stereocenters. The van der Waals surface area contributed by atoms with Gasteiger partial charge in [-0.05, 0) is 31.0 Å². The van der Waals surface area contributed by atoms with E-state index in [9.17, 15) is 18.0 Å². The predicted octanol–water partition coefficient (Wildman–Crippen LogP) is 1.78. The molecule has 2 aliphatic heterocycles. The summed E-state index contributed by atoms with van der Waals surface area (Å²) in [7, 11) is -1.51. The molecule has 0 saturated carbocycles. The van der Waals surface area contributed by atoms with Crippen molar-refractivity contribution >= 4 is 44.0 Å². The lowest BCUT2D eigenvalue weighted by Crippen LogP contribution is -2.40. The lowest BCUT2D eigenvalue weighted by Gasteiger charge is -2.29. The number of fused-ring (bicyclic) bond motifs is 1. The number of carbonyl (C=O) groups excluding carboxylic acids is 2. The van der Waals surface area contributed by atoms with Crippen molar-refractivity contribution in [1.29, 1.82) is 0 Å². The third-order valence-corrected chi connectivity index (χ3v) is 7.43. The first-order chi connectivity index (χ1) is 14.2. The molecule has 1 aromatic carbocycles. The SMILES string of the molecule is CN1C(=O)COc2ccc(-c3csc(NC(=O)C4CCN(S(C)(=O)=O)CC4)n3)cc21. The topological polar surface area (TPSA) is 109 Å². The van der Waals surface area contributed by atoms with Crippen LogP contribution in [-0.2, 0) is 19.6 Å². The second-order valence-corrected chi connectivity index (χ2v) is 10.2. The molecule has 30 heavy (non-hydrogen) atoms. The number of anilines is 2. The highest BCUT2D eigenvalue weighted by atomic mass is 32.2. The fourth-order valence-electron chi connectivity index (χ4n) is 3.55. The largest absolute Gasteiger partial charge is 0.482 e. The van der Waals surface area contributed by atoms with Gasteiger partial charge in [0.1, 0.15) is 5.75 Å². The number of nitrogens with one attached hydrogen (secondary N) is 1. The summed E-state index contributed by atoms with van der Waals surface area (Å²) >= 11 is 1.32. The van der Waals surface area contributed by atoms with Gasteiger partial charge < -0.3 is 15.0 Å². The van der Waals surface area contributed by atoms with Crippen molar-refractivity contribution in [1.82, 2.24) is 9.29 Å². The Morgan fingerprint density at radius 1 is 1.30 bits per heavy atom. The third-order valence-electron chi connectivity index (χ3n) is 5.37. The predicted molar refractivity (Wildman–Crippen MR) is 114 cm³/mol. The van der Waals surface area contributed by atoms with Crippen LogP contribution in [0.3, 0.4) is 0 Å². The van der Waals surface area contributed by atoms with Crippen molar-refractivity contribution in [2.75, 3.05) is 43.2 Å². The van der Waals surface area contributed by atoms with Gasteiger partial charge in [0.25, 0.3) is 5.91 Å². The number of hydrogen-bond acceptors (Lipinski definition) is 7. The Kier molecular flexibility index (Phi) is 5.51. The van der Waals surface area contributed by atoms with Crippen LogP contribution in [0.15, 0.2) is 23.6 Å². The smallest absolute Gasteiger partial charge is 0.264 e. The molecule has 9 nitrogen and oxygen atoms in total. The zero-order chi connectivity index (χ0) is 21.5. The minimum absolute atomic E-state index is 0.0266. The number of ether oxygens (including phenoxy) is 1. The summed E-state index contributed by atoms with van der Waals surface area (Å²) in [5.41, 5.74) is 2.19. The molecule has 4 rings (SSSR count). The van der Waals surface area contributed by atoms with Gasteiger partial charge in [-0.2, -0.15) is 0 Å². The van der Waals surface area contributed by atoms with E-state index < -0.39 is 10.0 Å². The molecular formula is C19H22N4O5S2. The van der Waals surface area contributed by atoms with Crippen LogP contribution in [0.25, 0.3) is 11.3 Å². The van der Waals surface area contributed by atoms with Gasteiger partial charge in [0, 0.05) is 37.0 Å². The first kappa shape index (κ1) is 20.8. The minimum Gasteiger partial charge on any atom is -0.482 e. The van der Waals surface area contributed by atoms with Crippen LogP contribution in [0, 0.1) is 5.92 Å². The Morgan fingerprint density at radius 3 is 2.73 bits per heavy atom. The minimum atomic E-state index is -3.22. The summed E-state index contributed by atoms with van der Waals surface area (Å²) < 4.78 is 30.1. The molecule has 2 aliphatic rings. The van der Waals surface area contributed by atoms with E-state index in [1.807, 2.05) is 17.5 Å². The maximum atomic E-state index is 12.6. The molecule has 0 atom stereocenters. The molecule has 3 heterocycles. The number of benzene rings is 1. The fraction of sp³-hybridized carbons (Fsp3) is 0.421. The van der Waals surface area contributed by atoms with Crippen LogP contribution < -0.4 is 15.0 Å². The van der Waals surface area contributed by atoms with E-state index in [2.05, 4.69) is 10.3 Å². The number of hydrogen-bond donors (Lipinski definition) is 1. The van der Waals surface area contributed by atoms with Crippen LogP contribution in [0.2, 0.25) is 0 Å². The summed E-state index contributed by atoms with van der Waals surface area (Å²) in [6, 6.07) is 5.51. The maximum absolute atomic E-state index is 12.6. The molecule has 0 spiro atoms. The Balaban J connectivity index is 1.43. The van der Waals surface area contributed by atoms with Gasteiger partial charge in [-0.1, -0.05) is 0 Å². The van der Waals surface area contributed by atoms with E-state index in [1.165, 1.54) is 21.9 Å². The quantitative estimate of drug-likeness (QED) is 0.761. The molecule has 0 bridgehead atoms. The van der Waals surface area contributed by atoms with E-state index in [0.717, 1.165) is 5.56 Å². The summed E-state index contributed by atoms with van der Waals surface area (Å²) in [6.07, 6.45) is 2.16. The first-order valence-electron chi connectivity index (χ1n) is 9.47. The number of piperidine rings is 1. The van der Waals surface area contributed by atoms with Gasteiger partial charge in [0.2, 0.25) is 15.9 Å². The van der Waals surface area contributed by atoms with Crippen molar-refractivity contribution < 1.29 is 22.7 Å². The van der Waals surface area contributed by atoms with Crippen LogP contribution >= 0.6 is 11.3 Å². The van der Waals surface area contributed by atoms with Crippen LogP contribution in [0.4, 0.5) is 10.8 Å². The highest BCUT2D eigenvalue weighted by molar-refractivity contribution is 7.88. The second-order valence-electron chi connectivity index (χ2n) is 7.39. The Hall–Kier alpha value is -2.50. The molecule has 160 valence electrons. The van der Waals surface area contributed by atoms with Gasteiger partial charge in [-0.15, -0.1) is 11.3 Å². The van der Waals surface area contributed by atoms with Gasteiger partial charge in [-0.25, -0.2) is 17.7 Å². The molecule has 2 amide bonds. The molecule has 1 aromatic heterocycles. The van der Waals surface area contributed by atoms with Gasteiger partial charge in [0.05, 0.1) is 17.6 Å². The molecule has 11 heteroatoms. The lowest BCUT2D eigenvalue weighted by atomic mass is 9.97. The van der Waals surface area contributed by atoms with Gasteiger partial charge in [-0.3, -0.25) is 9.59 Å². The summed E-state index contributed by atoms with van der Waals surface area (Å²) in [6.45, 7) is 0.728. The Labute approximate surface area is 178 Å². The highest BCUT2D eigenvalue weighted by Crippen LogP contribution is 2.36.